The number of hydrogen-bond acceptors (Lipinski definition) is 12. The first-order valence-corrected chi connectivity index (χ1v) is 26.6. The number of nitrogens with zero attached hydrogens (tertiary/aromatic N) is 9. The number of anilines is 5. The van der Waals surface area contributed by atoms with E-state index in [1.165, 1.54) is 36.9 Å². The molecule has 2 aliphatic carbocycles. The molecule has 74 heavy (non-hydrogen) atoms. The lowest BCUT2D eigenvalue weighted by molar-refractivity contribution is -0.136. The topological polar surface area (TPSA) is 178 Å². The molecule has 1 aromatic carbocycles. The molecular weight excluding hydrogens is 935 g/mol. The highest BCUT2D eigenvalue weighted by molar-refractivity contribution is 6.23. The van der Waals surface area contributed by atoms with Gasteiger partial charge in [-0.05, 0) is 148 Å². The maximum atomic E-state index is 14.0. The Balaban J connectivity index is 0.643. The van der Waals surface area contributed by atoms with Gasteiger partial charge in [-0.15, -0.1) is 0 Å². The molecule has 3 saturated heterocycles. The molecule has 2 N–H and O–H groups in total. The van der Waals surface area contributed by atoms with Crippen LogP contribution in [0.25, 0.3) is 11.1 Å². The van der Waals surface area contributed by atoms with Gasteiger partial charge in [0, 0.05) is 101 Å². The van der Waals surface area contributed by atoms with Crippen LogP contribution in [0.1, 0.15) is 120 Å². The lowest BCUT2D eigenvalue weighted by atomic mass is 9.66. The first-order chi connectivity index (χ1) is 35.5. The molecule has 5 aromatic rings. The molecule has 4 fully saturated rings. The number of hydrogen-bond donors (Lipinski definition) is 2. The lowest BCUT2D eigenvalue weighted by Gasteiger charge is -2.50. The Morgan fingerprint density at radius 2 is 1.53 bits per heavy atom. The monoisotopic (exact) mass is 1000 g/mol. The van der Waals surface area contributed by atoms with Gasteiger partial charge in [0.05, 0.1) is 23.0 Å². The zero-order valence-corrected chi connectivity index (χ0v) is 43.1. The van der Waals surface area contributed by atoms with E-state index in [1.807, 2.05) is 49.6 Å². The maximum absolute atomic E-state index is 14.0. The molecule has 17 nitrogen and oxygen atoms in total. The Morgan fingerprint density at radius 3 is 2.27 bits per heavy atom. The largest absolute Gasteiger partial charge is 0.371 e. The summed E-state index contributed by atoms with van der Waals surface area (Å²) in [6.45, 7) is 14.8. The fraction of sp³-hybridized carbons (Fsp3) is 0.474. The molecule has 384 valence electrons. The summed E-state index contributed by atoms with van der Waals surface area (Å²) >= 11 is 0. The summed E-state index contributed by atoms with van der Waals surface area (Å²) in [4.78, 5) is 98.4. The second-order valence-corrected chi connectivity index (χ2v) is 23.0. The highest BCUT2D eigenvalue weighted by Crippen LogP contribution is 2.47. The van der Waals surface area contributed by atoms with Crippen LogP contribution < -0.4 is 30.9 Å². The number of aryl methyl sites for hydroxylation is 1. The van der Waals surface area contributed by atoms with Crippen LogP contribution >= 0.6 is 0 Å². The van der Waals surface area contributed by atoms with Crippen molar-refractivity contribution in [2.24, 2.45) is 17.9 Å². The number of aromatic nitrogens is 4. The van der Waals surface area contributed by atoms with E-state index in [2.05, 4.69) is 62.8 Å². The summed E-state index contributed by atoms with van der Waals surface area (Å²) in [5, 5.41) is 5.58. The van der Waals surface area contributed by atoms with Gasteiger partial charge in [0.15, 0.2) is 0 Å². The van der Waals surface area contributed by atoms with Crippen LogP contribution in [-0.4, -0.2) is 116 Å². The maximum Gasteiger partial charge on any atom is 0.276 e. The van der Waals surface area contributed by atoms with E-state index in [-0.39, 0.29) is 35.6 Å². The molecule has 9 heterocycles. The smallest absolute Gasteiger partial charge is 0.276 e. The van der Waals surface area contributed by atoms with Crippen molar-refractivity contribution in [1.82, 2.24) is 34.2 Å². The fourth-order valence-corrected chi connectivity index (χ4v) is 13.6. The van der Waals surface area contributed by atoms with E-state index in [0.717, 1.165) is 104 Å². The molecule has 1 spiro atoms. The van der Waals surface area contributed by atoms with Crippen LogP contribution in [0.4, 0.5) is 28.7 Å². The number of rotatable bonds is 8. The summed E-state index contributed by atoms with van der Waals surface area (Å²) in [7, 11) is 1.75. The van der Waals surface area contributed by atoms with Gasteiger partial charge < -0.3 is 24.3 Å². The number of imide groups is 2. The van der Waals surface area contributed by atoms with Gasteiger partial charge in [-0.3, -0.25) is 48.8 Å². The minimum absolute atomic E-state index is 0.0282. The predicted octanol–water partition coefficient (Wildman–Crippen LogP) is 6.62. The molecule has 12 rings (SSSR count). The van der Waals surface area contributed by atoms with Gasteiger partial charge in [-0.1, -0.05) is 13.8 Å². The summed E-state index contributed by atoms with van der Waals surface area (Å²) in [5.41, 5.74) is 9.29. The Morgan fingerprint density at radius 1 is 0.757 bits per heavy atom. The van der Waals surface area contributed by atoms with Crippen LogP contribution in [0, 0.1) is 17.8 Å². The van der Waals surface area contributed by atoms with Gasteiger partial charge in [0.2, 0.25) is 11.8 Å². The summed E-state index contributed by atoms with van der Waals surface area (Å²) in [5.74, 6) is -0.744. The SMILES string of the molecule is Cc1c(-c2cc(Nc3ccc(N4CCN(C5CCC6(CC5)CCN(c5ccc7c(c5)C(=O)N(C5CCC(=O)NC5=O)C7=O)CC6)C[C@@H]4C)cn3)c(=O)n(C)c2)ccnc1N1CCn2c(cc3c2CC(C)(C)C3)C1=O. The van der Waals surface area contributed by atoms with E-state index in [1.54, 1.807) is 28.8 Å². The van der Waals surface area contributed by atoms with Crippen molar-refractivity contribution in [3.05, 3.63) is 111 Å². The predicted molar refractivity (Wildman–Crippen MR) is 282 cm³/mol. The van der Waals surface area contributed by atoms with Crippen molar-refractivity contribution in [2.75, 3.05) is 59.3 Å². The Labute approximate surface area is 430 Å². The highest BCUT2D eigenvalue weighted by atomic mass is 16.2. The Bertz CT molecular complexity index is 3210. The van der Waals surface area contributed by atoms with E-state index in [0.29, 0.717) is 52.5 Å². The molecule has 1 unspecified atom stereocenters. The number of carbonyl (C=O) groups is 5. The molecule has 5 aliphatic heterocycles. The first-order valence-electron chi connectivity index (χ1n) is 26.6. The van der Waals surface area contributed by atoms with E-state index < -0.39 is 23.8 Å². The van der Waals surface area contributed by atoms with E-state index in [4.69, 9.17) is 9.97 Å². The van der Waals surface area contributed by atoms with Crippen molar-refractivity contribution < 1.29 is 24.0 Å². The summed E-state index contributed by atoms with van der Waals surface area (Å²) in [6, 6.07) is 15.2. The Kier molecular flexibility index (Phi) is 11.7. The molecule has 4 aromatic heterocycles. The molecular formula is C57H65N11O6. The van der Waals surface area contributed by atoms with Crippen molar-refractivity contribution in [2.45, 2.75) is 117 Å². The number of benzene rings is 1. The van der Waals surface area contributed by atoms with Crippen molar-refractivity contribution >= 4 is 58.2 Å². The second kappa shape index (κ2) is 18.1. The minimum Gasteiger partial charge on any atom is -0.371 e. The number of amides is 5. The summed E-state index contributed by atoms with van der Waals surface area (Å²) in [6.07, 6.45) is 14.6. The standard InChI is InChI=1S/C57H65N11O6/c1-34-32-64(38-12-15-57(16-13-38)17-20-63(21-18-57)39-6-8-42-43(28-39)53(72)68(52(42)71)45-9-11-49(69)61-51(45)70)22-23-65(34)40-7-10-48(59-31-40)60-44-26-37(33-62(5)54(44)73)41-14-19-58-50(35(41)2)67-25-24-66-46(55(67)74)27-36-29-56(3,4)30-47(36)66/h6-8,10,14,19,26-28,31,33-34,38,45H,9,11-13,15-18,20-25,29-30,32H2,1-5H3,(H,59,60)(H,61,69,70)/t34-,45?/m0/s1. The molecule has 7 aliphatic rings. The molecule has 17 heteroatoms. The van der Waals surface area contributed by atoms with Gasteiger partial charge in [-0.25, -0.2) is 9.97 Å². The average Bonchev–Trinajstić information content (AvgIpc) is 3.97. The number of piperazine rings is 1. The van der Waals surface area contributed by atoms with Crippen molar-refractivity contribution in [1.29, 1.82) is 0 Å². The zero-order chi connectivity index (χ0) is 51.4. The van der Waals surface area contributed by atoms with Gasteiger partial charge in [0.25, 0.3) is 23.3 Å². The van der Waals surface area contributed by atoms with Crippen LogP contribution in [0.15, 0.2) is 71.9 Å². The highest BCUT2D eigenvalue weighted by Gasteiger charge is 2.46. The first kappa shape index (κ1) is 47.8. The van der Waals surface area contributed by atoms with Gasteiger partial charge >= 0.3 is 0 Å². The number of carbonyl (C=O) groups excluding carboxylic acids is 5. The van der Waals surface area contributed by atoms with Gasteiger partial charge in [-0.2, -0.15) is 0 Å². The second-order valence-electron chi connectivity index (χ2n) is 23.0. The number of pyridine rings is 3. The van der Waals surface area contributed by atoms with Gasteiger partial charge in [0.1, 0.15) is 29.1 Å². The number of nitrogens with one attached hydrogen (secondary N) is 2. The van der Waals surface area contributed by atoms with Crippen LogP contribution in [-0.2, 0) is 36.0 Å². The van der Waals surface area contributed by atoms with Crippen molar-refractivity contribution in [3.8, 4) is 11.1 Å². The molecule has 1 saturated carbocycles. The third-order valence-corrected chi connectivity index (χ3v) is 17.7. The van der Waals surface area contributed by atoms with E-state index in [9.17, 15) is 28.8 Å². The van der Waals surface area contributed by atoms with Crippen LogP contribution in [0.2, 0.25) is 0 Å². The molecule has 0 bridgehead atoms. The third-order valence-electron chi connectivity index (χ3n) is 17.7. The number of fused-ring (bicyclic) bond motifs is 4. The fourth-order valence-electron chi connectivity index (χ4n) is 13.6. The van der Waals surface area contributed by atoms with Crippen LogP contribution in [0.5, 0.6) is 0 Å². The quantitative estimate of drug-likeness (QED) is 0.159. The van der Waals surface area contributed by atoms with E-state index >= 15 is 0 Å². The van der Waals surface area contributed by atoms with Crippen molar-refractivity contribution in [3.63, 3.8) is 0 Å². The normalized spacial score (nSPS) is 22.9. The zero-order valence-electron chi connectivity index (χ0n) is 43.1. The number of piperidine rings is 2. The minimum atomic E-state index is -0.972. The molecule has 0 radical (unpaired) electrons. The van der Waals surface area contributed by atoms with Crippen LogP contribution in [0.3, 0.4) is 0 Å². The Hall–Kier alpha value is -7.14. The average molecular weight is 1000 g/mol. The molecule has 2 atom stereocenters. The third kappa shape index (κ3) is 8.27. The summed E-state index contributed by atoms with van der Waals surface area (Å²) < 4.78 is 3.80. The molecule has 5 amide bonds. The lowest BCUT2D eigenvalue weighted by Crippen LogP contribution is -2.56.